The third-order valence-electron chi connectivity index (χ3n) is 2.66. The van der Waals surface area contributed by atoms with Crippen molar-refractivity contribution in [1.82, 2.24) is 5.32 Å². The van der Waals surface area contributed by atoms with Gasteiger partial charge in [-0.15, -0.1) is 0 Å². The van der Waals surface area contributed by atoms with Crippen molar-refractivity contribution in [2.75, 3.05) is 18.4 Å². The first-order valence-electron chi connectivity index (χ1n) is 5.61. The van der Waals surface area contributed by atoms with Crippen molar-refractivity contribution in [3.05, 3.63) is 26.8 Å². The summed E-state index contributed by atoms with van der Waals surface area (Å²) in [5, 5.41) is 6.58. The van der Waals surface area contributed by atoms with E-state index >= 15 is 0 Å². The smallest absolute Gasteiger partial charge is 0.239 e. The zero-order chi connectivity index (χ0) is 12.3. The molecule has 0 aromatic heterocycles. The van der Waals surface area contributed by atoms with Crippen LogP contribution in [0, 0.1) is 9.49 Å². The zero-order valence-corrected chi connectivity index (χ0v) is 12.2. The average molecular weight is 365 g/mol. The molecule has 3 nitrogen and oxygen atoms in total. The number of carbonyl (C=O) groups is 1. The van der Waals surface area contributed by atoms with Gasteiger partial charge in [-0.25, -0.2) is 0 Å². The van der Waals surface area contributed by atoms with Gasteiger partial charge in [0.1, 0.15) is 0 Å². The number of anilines is 1. The maximum absolute atomic E-state index is 11.5. The van der Waals surface area contributed by atoms with E-state index in [0.717, 1.165) is 15.8 Å². The Bertz CT molecular complexity index is 421. The molecule has 92 valence electrons. The van der Waals surface area contributed by atoms with E-state index in [-0.39, 0.29) is 12.5 Å². The van der Waals surface area contributed by atoms with E-state index in [0.29, 0.717) is 10.9 Å². The second-order valence-corrected chi connectivity index (χ2v) is 5.88. The summed E-state index contributed by atoms with van der Waals surface area (Å²) in [6.07, 6.45) is 2.49. The second-order valence-electron chi connectivity index (χ2n) is 4.23. The summed E-state index contributed by atoms with van der Waals surface area (Å²) in [4.78, 5) is 11.5. The van der Waals surface area contributed by atoms with Crippen LogP contribution in [0.1, 0.15) is 12.8 Å². The van der Waals surface area contributed by atoms with E-state index in [1.807, 2.05) is 18.2 Å². The molecule has 0 radical (unpaired) electrons. The summed E-state index contributed by atoms with van der Waals surface area (Å²) in [6.45, 7) is 1.08. The highest BCUT2D eigenvalue weighted by atomic mass is 127. The molecule has 17 heavy (non-hydrogen) atoms. The summed E-state index contributed by atoms with van der Waals surface area (Å²) < 4.78 is 1.08. The fourth-order valence-electron chi connectivity index (χ4n) is 1.45. The third kappa shape index (κ3) is 4.35. The summed E-state index contributed by atoms with van der Waals surface area (Å²) in [5.74, 6) is 0.729. The number of hydrogen-bond acceptors (Lipinski definition) is 2. The number of hydrogen-bond donors (Lipinski definition) is 2. The second kappa shape index (κ2) is 5.91. The molecular weight excluding hydrogens is 351 g/mol. The topological polar surface area (TPSA) is 41.1 Å². The molecule has 0 unspecified atom stereocenters. The van der Waals surface area contributed by atoms with Crippen molar-refractivity contribution in [2.45, 2.75) is 12.8 Å². The van der Waals surface area contributed by atoms with Crippen molar-refractivity contribution >= 4 is 45.8 Å². The fourth-order valence-corrected chi connectivity index (χ4v) is 2.37. The van der Waals surface area contributed by atoms with E-state index < -0.39 is 0 Å². The van der Waals surface area contributed by atoms with Gasteiger partial charge in [-0.05, 0) is 59.5 Å². The van der Waals surface area contributed by atoms with Crippen molar-refractivity contribution in [1.29, 1.82) is 0 Å². The Hall–Kier alpha value is -0.490. The maximum atomic E-state index is 11.5. The Labute approximate surface area is 119 Å². The predicted octanol–water partition coefficient (Wildman–Crippen LogP) is 2.88. The van der Waals surface area contributed by atoms with Gasteiger partial charge in [0.2, 0.25) is 5.91 Å². The minimum Gasteiger partial charge on any atom is -0.375 e. The molecule has 1 aromatic rings. The first-order valence-corrected chi connectivity index (χ1v) is 7.06. The maximum Gasteiger partial charge on any atom is 0.239 e. The quantitative estimate of drug-likeness (QED) is 0.789. The molecule has 2 rings (SSSR count). The molecule has 1 aliphatic rings. The van der Waals surface area contributed by atoms with Gasteiger partial charge in [0.25, 0.3) is 0 Å². The first-order chi connectivity index (χ1) is 8.15. The normalized spacial score (nSPS) is 14.5. The van der Waals surface area contributed by atoms with E-state index in [2.05, 4.69) is 33.2 Å². The Balaban J connectivity index is 1.77. The molecule has 0 heterocycles. The molecule has 2 N–H and O–H groups in total. The van der Waals surface area contributed by atoms with E-state index in [1.165, 1.54) is 12.8 Å². The van der Waals surface area contributed by atoms with Crippen LogP contribution in [0.3, 0.4) is 0 Å². The van der Waals surface area contributed by atoms with Gasteiger partial charge in [0.05, 0.1) is 17.3 Å². The molecule has 0 aliphatic heterocycles. The molecule has 5 heteroatoms. The van der Waals surface area contributed by atoms with Gasteiger partial charge < -0.3 is 10.6 Å². The van der Waals surface area contributed by atoms with Gasteiger partial charge in [-0.2, -0.15) is 0 Å². The van der Waals surface area contributed by atoms with Gasteiger partial charge >= 0.3 is 0 Å². The predicted molar refractivity (Wildman–Crippen MR) is 78.4 cm³/mol. The number of rotatable bonds is 5. The van der Waals surface area contributed by atoms with Crippen molar-refractivity contribution < 1.29 is 4.79 Å². The van der Waals surface area contributed by atoms with Gasteiger partial charge in [0, 0.05) is 10.1 Å². The molecule has 1 amide bonds. The lowest BCUT2D eigenvalue weighted by Gasteiger charge is -2.09. The Morgan fingerprint density at radius 3 is 2.88 bits per heavy atom. The lowest BCUT2D eigenvalue weighted by atomic mass is 10.3. The molecule has 0 spiro atoms. The molecule has 0 atom stereocenters. The first kappa shape index (κ1) is 13.0. The van der Waals surface area contributed by atoms with Gasteiger partial charge in [0.15, 0.2) is 0 Å². The van der Waals surface area contributed by atoms with E-state index in [4.69, 9.17) is 11.6 Å². The van der Waals surface area contributed by atoms with Gasteiger partial charge in [-0.1, -0.05) is 11.6 Å². The Morgan fingerprint density at radius 2 is 2.24 bits per heavy atom. The summed E-state index contributed by atoms with van der Waals surface area (Å²) in [5.41, 5.74) is 0.800. The van der Waals surface area contributed by atoms with Crippen LogP contribution in [0.5, 0.6) is 0 Å². The molecule has 1 aromatic carbocycles. The minimum atomic E-state index is 0.0199. The highest BCUT2D eigenvalue weighted by Crippen LogP contribution is 2.27. The van der Waals surface area contributed by atoms with Crippen LogP contribution >= 0.6 is 34.2 Å². The molecule has 0 saturated heterocycles. The van der Waals surface area contributed by atoms with E-state index in [1.54, 1.807) is 0 Å². The zero-order valence-electron chi connectivity index (χ0n) is 9.30. The van der Waals surface area contributed by atoms with Crippen LogP contribution in [-0.2, 0) is 4.79 Å². The number of amides is 1. The monoisotopic (exact) mass is 364 g/mol. The SMILES string of the molecule is O=C(CNc1ccc(I)cc1Cl)NCC1CC1. The highest BCUT2D eigenvalue weighted by molar-refractivity contribution is 14.1. The van der Waals surface area contributed by atoms with E-state index in [9.17, 15) is 4.79 Å². The third-order valence-corrected chi connectivity index (χ3v) is 3.64. The molecule has 1 aliphatic carbocycles. The number of benzene rings is 1. The molecule has 0 bridgehead atoms. The Morgan fingerprint density at radius 1 is 1.47 bits per heavy atom. The standard InChI is InChI=1S/C12H14ClIN2O/c13-10-5-9(14)3-4-11(10)15-7-12(17)16-6-8-1-2-8/h3-5,8,15H,1-2,6-7H2,(H,16,17). The Kier molecular flexibility index (Phi) is 4.50. The number of carbonyl (C=O) groups excluding carboxylic acids is 1. The number of nitrogens with one attached hydrogen (secondary N) is 2. The number of halogens is 2. The van der Waals surface area contributed by atoms with Crippen LogP contribution < -0.4 is 10.6 Å². The van der Waals surface area contributed by atoms with Crippen LogP contribution in [0.2, 0.25) is 5.02 Å². The molecular formula is C12H14ClIN2O. The summed E-state index contributed by atoms with van der Waals surface area (Å²) in [7, 11) is 0. The molecule has 1 saturated carbocycles. The van der Waals surface area contributed by atoms with Crippen LogP contribution in [0.25, 0.3) is 0 Å². The average Bonchev–Trinajstić information content (AvgIpc) is 3.09. The van der Waals surface area contributed by atoms with Crippen LogP contribution in [-0.4, -0.2) is 19.0 Å². The largest absolute Gasteiger partial charge is 0.375 e. The summed E-state index contributed by atoms with van der Waals surface area (Å²) >= 11 is 8.25. The molecule has 1 fully saturated rings. The lowest BCUT2D eigenvalue weighted by molar-refractivity contribution is -0.119. The van der Waals surface area contributed by atoms with Gasteiger partial charge in [-0.3, -0.25) is 4.79 Å². The van der Waals surface area contributed by atoms with Crippen LogP contribution in [0.15, 0.2) is 18.2 Å². The highest BCUT2D eigenvalue weighted by Gasteiger charge is 2.21. The summed E-state index contributed by atoms with van der Waals surface area (Å²) in [6, 6.07) is 5.71. The van der Waals surface area contributed by atoms with Crippen molar-refractivity contribution in [3.8, 4) is 0 Å². The van der Waals surface area contributed by atoms with Crippen molar-refractivity contribution in [3.63, 3.8) is 0 Å². The van der Waals surface area contributed by atoms with Crippen LogP contribution in [0.4, 0.5) is 5.69 Å². The lowest BCUT2D eigenvalue weighted by Crippen LogP contribution is -2.31. The minimum absolute atomic E-state index is 0.0199. The fraction of sp³-hybridized carbons (Fsp3) is 0.417. The van der Waals surface area contributed by atoms with Crippen molar-refractivity contribution in [2.24, 2.45) is 5.92 Å².